The van der Waals surface area contributed by atoms with Crippen LogP contribution in [0.3, 0.4) is 0 Å². The van der Waals surface area contributed by atoms with Gasteiger partial charge in [0.1, 0.15) is 25.6 Å². The first kappa shape index (κ1) is 13.8. The Bertz CT molecular complexity index is 692. The number of hydrogen-bond acceptors (Lipinski definition) is 4. The second kappa shape index (κ2) is 6.06. The number of benzene rings is 2. The lowest BCUT2D eigenvalue weighted by Gasteiger charge is -2.20. The van der Waals surface area contributed by atoms with Crippen LogP contribution < -0.4 is 14.2 Å². The Morgan fingerprint density at radius 2 is 1.76 bits per heavy atom. The van der Waals surface area contributed by atoms with Gasteiger partial charge in [0.2, 0.25) is 0 Å². The van der Waals surface area contributed by atoms with Crippen LogP contribution in [0.1, 0.15) is 11.1 Å². The molecule has 21 heavy (non-hydrogen) atoms. The van der Waals surface area contributed by atoms with E-state index in [-0.39, 0.29) is 0 Å². The predicted molar refractivity (Wildman–Crippen MR) is 80.6 cm³/mol. The molecule has 0 atom stereocenters. The molecule has 0 saturated carbocycles. The Kier molecular flexibility index (Phi) is 3.98. The first-order chi connectivity index (χ1) is 10.3. The Labute approximate surface area is 131 Å². The fourth-order valence-corrected chi connectivity index (χ4v) is 2.44. The zero-order chi connectivity index (χ0) is 14.7. The van der Waals surface area contributed by atoms with E-state index in [0.717, 1.165) is 27.3 Å². The van der Waals surface area contributed by atoms with Gasteiger partial charge in [0, 0.05) is 10.0 Å². The van der Waals surface area contributed by atoms with E-state index >= 15 is 0 Å². The minimum Gasteiger partial charge on any atom is -0.489 e. The van der Waals surface area contributed by atoms with Gasteiger partial charge in [-0.2, -0.15) is 5.26 Å². The SMILES string of the molecule is N#Cc1ccc(OCc2cc3c(cc2Br)OCCO3)cc1. The highest BCUT2D eigenvalue weighted by molar-refractivity contribution is 9.10. The number of rotatable bonds is 3. The van der Waals surface area contributed by atoms with Crippen molar-refractivity contribution in [1.29, 1.82) is 5.26 Å². The molecule has 1 aliphatic heterocycles. The largest absolute Gasteiger partial charge is 0.489 e. The smallest absolute Gasteiger partial charge is 0.162 e. The Balaban J connectivity index is 1.74. The second-order valence-electron chi connectivity index (χ2n) is 4.51. The van der Waals surface area contributed by atoms with E-state index in [1.807, 2.05) is 12.1 Å². The normalized spacial score (nSPS) is 12.6. The molecule has 5 heteroatoms. The third kappa shape index (κ3) is 3.11. The zero-order valence-corrected chi connectivity index (χ0v) is 12.7. The van der Waals surface area contributed by atoms with Crippen LogP contribution in [0.2, 0.25) is 0 Å². The van der Waals surface area contributed by atoms with E-state index < -0.39 is 0 Å². The first-order valence-corrected chi connectivity index (χ1v) is 7.26. The summed E-state index contributed by atoms with van der Waals surface area (Å²) < 4.78 is 17.7. The molecule has 106 valence electrons. The molecule has 3 rings (SSSR count). The summed E-state index contributed by atoms with van der Waals surface area (Å²) in [5.74, 6) is 2.20. The summed E-state index contributed by atoms with van der Waals surface area (Å²) in [6.45, 7) is 1.54. The molecule has 0 bridgehead atoms. The van der Waals surface area contributed by atoms with Crippen LogP contribution in [0.25, 0.3) is 0 Å². The Morgan fingerprint density at radius 1 is 1.10 bits per heavy atom. The fourth-order valence-electron chi connectivity index (χ4n) is 2.00. The standard InChI is InChI=1S/C16H12BrNO3/c17-14-8-16-15(19-5-6-20-16)7-12(14)10-21-13-3-1-11(9-18)2-4-13/h1-4,7-8H,5-6,10H2. The fraction of sp³-hybridized carbons (Fsp3) is 0.188. The molecule has 0 amide bonds. The number of ether oxygens (including phenoxy) is 3. The first-order valence-electron chi connectivity index (χ1n) is 6.47. The van der Waals surface area contributed by atoms with E-state index in [9.17, 15) is 0 Å². The van der Waals surface area contributed by atoms with Gasteiger partial charge in [-0.1, -0.05) is 15.9 Å². The molecule has 2 aromatic carbocycles. The maximum atomic E-state index is 8.76. The summed E-state index contributed by atoms with van der Waals surface area (Å²) in [5, 5.41) is 8.76. The number of hydrogen-bond donors (Lipinski definition) is 0. The van der Waals surface area contributed by atoms with Gasteiger partial charge in [0.15, 0.2) is 11.5 Å². The lowest BCUT2D eigenvalue weighted by Crippen LogP contribution is -2.15. The Morgan fingerprint density at radius 3 is 2.43 bits per heavy atom. The molecule has 0 N–H and O–H groups in total. The van der Waals surface area contributed by atoms with Crippen molar-refractivity contribution in [3.05, 3.63) is 52.0 Å². The second-order valence-corrected chi connectivity index (χ2v) is 5.37. The number of halogens is 1. The van der Waals surface area contributed by atoms with E-state index in [0.29, 0.717) is 25.4 Å². The maximum absolute atomic E-state index is 8.76. The molecular formula is C16H12BrNO3. The lowest BCUT2D eigenvalue weighted by atomic mass is 10.2. The molecule has 2 aromatic rings. The zero-order valence-electron chi connectivity index (χ0n) is 11.1. The minimum atomic E-state index is 0.406. The molecular weight excluding hydrogens is 334 g/mol. The van der Waals surface area contributed by atoms with Crippen molar-refractivity contribution in [1.82, 2.24) is 0 Å². The van der Waals surface area contributed by atoms with Crippen LogP contribution in [-0.4, -0.2) is 13.2 Å². The predicted octanol–water partition coefficient (Wildman–Crippen LogP) is 3.67. The van der Waals surface area contributed by atoms with Crippen LogP contribution in [0.15, 0.2) is 40.9 Å². The van der Waals surface area contributed by atoms with Gasteiger partial charge in [0.25, 0.3) is 0 Å². The summed E-state index contributed by atoms with van der Waals surface area (Å²) >= 11 is 3.51. The molecule has 0 spiro atoms. The highest BCUT2D eigenvalue weighted by atomic mass is 79.9. The van der Waals surface area contributed by atoms with Crippen molar-refractivity contribution in [3.8, 4) is 23.3 Å². The van der Waals surface area contributed by atoms with Gasteiger partial charge in [-0.15, -0.1) is 0 Å². The van der Waals surface area contributed by atoms with Crippen LogP contribution in [-0.2, 0) is 6.61 Å². The highest BCUT2D eigenvalue weighted by Gasteiger charge is 2.15. The molecule has 0 saturated heterocycles. The van der Waals surface area contributed by atoms with E-state index in [1.54, 1.807) is 24.3 Å². The molecule has 0 fully saturated rings. The van der Waals surface area contributed by atoms with Crippen molar-refractivity contribution < 1.29 is 14.2 Å². The summed E-state index contributed by atoms with van der Waals surface area (Å²) in [5.41, 5.74) is 1.59. The van der Waals surface area contributed by atoms with Gasteiger partial charge in [-0.3, -0.25) is 0 Å². The van der Waals surface area contributed by atoms with Gasteiger partial charge < -0.3 is 14.2 Å². The van der Waals surface area contributed by atoms with Crippen LogP contribution >= 0.6 is 15.9 Å². The average molecular weight is 346 g/mol. The Hall–Kier alpha value is -2.19. The molecule has 0 radical (unpaired) electrons. The van der Waals surface area contributed by atoms with Crippen molar-refractivity contribution in [2.24, 2.45) is 0 Å². The van der Waals surface area contributed by atoms with Gasteiger partial charge in [0.05, 0.1) is 11.6 Å². The lowest BCUT2D eigenvalue weighted by molar-refractivity contribution is 0.171. The molecule has 1 heterocycles. The van der Waals surface area contributed by atoms with Crippen LogP contribution in [0.5, 0.6) is 17.2 Å². The van der Waals surface area contributed by atoms with Crippen molar-refractivity contribution in [2.45, 2.75) is 6.61 Å². The van der Waals surface area contributed by atoms with Crippen LogP contribution in [0, 0.1) is 11.3 Å². The van der Waals surface area contributed by atoms with Crippen molar-refractivity contribution in [2.75, 3.05) is 13.2 Å². The quantitative estimate of drug-likeness (QED) is 0.851. The number of nitrogens with zero attached hydrogens (tertiary/aromatic N) is 1. The summed E-state index contributed by atoms with van der Waals surface area (Å²) in [7, 11) is 0. The maximum Gasteiger partial charge on any atom is 0.162 e. The third-order valence-electron chi connectivity index (χ3n) is 3.09. The van der Waals surface area contributed by atoms with E-state index in [2.05, 4.69) is 22.0 Å². The molecule has 0 unspecified atom stereocenters. The highest BCUT2D eigenvalue weighted by Crippen LogP contribution is 2.35. The monoisotopic (exact) mass is 345 g/mol. The summed E-state index contributed by atoms with van der Waals surface area (Å²) in [6, 6.07) is 12.9. The van der Waals surface area contributed by atoms with Crippen molar-refractivity contribution in [3.63, 3.8) is 0 Å². The third-order valence-corrected chi connectivity index (χ3v) is 3.83. The van der Waals surface area contributed by atoms with Crippen molar-refractivity contribution >= 4 is 15.9 Å². The molecule has 4 nitrogen and oxygen atoms in total. The van der Waals surface area contributed by atoms with Gasteiger partial charge in [-0.05, 0) is 36.4 Å². The molecule has 0 aromatic heterocycles. The number of fused-ring (bicyclic) bond motifs is 1. The van der Waals surface area contributed by atoms with E-state index in [4.69, 9.17) is 19.5 Å². The van der Waals surface area contributed by atoms with Gasteiger partial charge in [-0.25, -0.2) is 0 Å². The van der Waals surface area contributed by atoms with Crippen LogP contribution in [0.4, 0.5) is 0 Å². The number of nitriles is 1. The molecule has 0 aliphatic carbocycles. The summed E-state index contributed by atoms with van der Waals surface area (Å²) in [6.07, 6.45) is 0. The van der Waals surface area contributed by atoms with Gasteiger partial charge >= 0.3 is 0 Å². The average Bonchev–Trinajstić information content (AvgIpc) is 2.53. The summed E-state index contributed by atoms with van der Waals surface area (Å²) in [4.78, 5) is 0. The topological polar surface area (TPSA) is 51.5 Å². The van der Waals surface area contributed by atoms with E-state index in [1.165, 1.54) is 0 Å². The minimum absolute atomic E-state index is 0.406. The molecule has 1 aliphatic rings.